The maximum absolute atomic E-state index is 13.3. The largest absolute Gasteiger partial charge is 0.384 e. The zero-order valence-electron chi connectivity index (χ0n) is 19.2. The van der Waals surface area contributed by atoms with Crippen LogP contribution in [0, 0.1) is 17.1 Å². The number of allylic oxidation sites excluding steroid dienone is 4. The van der Waals surface area contributed by atoms with Gasteiger partial charge in [0.1, 0.15) is 16.8 Å². The molecule has 2 aromatic carbocycles. The maximum atomic E-state index is 13.3. The van der Waals surface area contributed by atoms with Crippen molar-refractivity contribution in [1.29, 1.82) is 5.26 Å². The van der Waals surface area contributed by atoms with Crippen molar-refractivity contribution in [1.82, 2.24) is 4.90 Å². The average molecular weight is 445 g/mol. The lowest BCUT2D eigenvalue weighted by Crippen LogP contribution is -2.46. The number of likely N-dealkylation sites (tertiary alicyclic amines) is 1. The normalized spacial score (nSPS) is 22.9. The van der Waals surface area contributed by atoms with Gasteiger partial charge in [0.05, 0.1) is 6.07 Å². The second kappa shape index (κ2) is 10.5. The SMILES string of the molecule is N#CC(CCCCN1CCCC(O)(c2ccc(F)cc2)C1)(C1=CCCC=C1)c1ccccc1. The van der Waals surface area contributed by atoms with Gasteiger partial charge in [-0.1, -0.05) is 60.7 Å². The van der Waals surface area contributed by atoms with E-state index in [4.69, 9.17) is 0 Å². The molecule has 3 nitrogen and oxygen atoms in total. The summed E-state index contributed by atoms with van der Waals surface area (Å²) in [7, 11) is 0. The van der Waals surface area contributed by atoms with Crippen LogP contribution in [0.5, 0.6) is 0 Å². The van der Waals surface area contributed by atoms with Crippen LogP contribution in [0.1, 0.15) is 56.1 Å². The Morgan fingerprint density at radius 3 is 2.55 bits per heavy atom. The molecule has 1 N–H and O–H groups in total. The topological polar surface area (TPSA) is 47.3 Å². The number of aliphatic hydroxyl groups is 1. The van der Waals surface area contributed by atoms with Crippen LogP contribution < -0.4 is 0 Å². The third-order valence-electron chi connectivity index (χ3n) is 7.15. The van der Waals surface area contributed by atoms with Crippen molar-refractivity contribution in [2.45, 2.75) is 56.0 Å². The van der Waals surface area contributed by atoms with Crippen LogP contribution in [0.2, 0.25) is 0 Å². The quantitative estimate of drug-likeness (QED) is 0.507. The predicted octanol–water partition coefficient (Wildman–Crippen LogP) is 6.02. The van der Waals surface area contributed by atoms with E-state index >= 15 is 0 Å². The number of nitrogens with zero attached hydrogens (tertiary/aromatic N) is 2. The monoisotopic (exact) mass is 444 g/mol. The molecule has 33 heavy (non-hydrogen) atoms. The molecule has 2 aliphatic rings. The number of unbranched alkanes of at least 4 members (excludes halogenated alkanes) is 1. The van der Waals surface area contributed by atoms with E-state index in [2.05, 4.69) is 41.3 Å². The Morgan fingerprint density at radius 1 is 1.06 bits per heavy atom. The van der Waals surface area contributed by atoms with Gasteiger partial charge in [0.2, 0.25) is 0 Å². The Balaban J connectivity index is 1.40. The minimum Gasteiger partial charge on any atom is -0.384 e. The molecule has 0 saturated carbocycles. The fourth-order valence-electron chi connectivity index (χ4n) is 5.33. The fraction of sp³-hybridized carbons (Fsp3) is 0.414. The summed E-state index contributed by atoms with van der Waals surface area (Å²) in [5.41, 5.74) is 1.43. The van der Waals surface area contributed by atoms with Crippen molar-refractivity contribution in [3.05, 3.63) is 95.3 Å². The van der Waals surface area contributed by atoms with Gasteiger partial charge < -0.3 is 10.0 Å². The Bertz CT molecular complexity index is 1020. The van der Waals surface area contributed by atoms with Crippen LogP contribution in [0.4, 0.5) is 4.39 Å². The van der Waals surface area contributed by atoms with Gasteiger partial charge in [-0.15, -0.1) is 0 Å². The number of nitriles is 1. The molecule has 1 saturated heterocycles. The van der Waals surface area contributed by atoms with Crippen molar-refractivity contribution in [3.63, 3.8) is 0 Å². The first-order chi connectivity index (χ1) is 16.1. The highest BCUT2D eigenvalue weighted by atomic mass is 19.1. The van der Waals surface area contributed by atoms with Gasteiger partial charge in [0.25, 0.3) is 0 Å². The Labute approximate surface area is 196 Å². The maximum Gasteiger partial charge on any atom is 0.123 e. The van der Waals surface area contributed by atoms with E-state index < -0.39 is 11.0 Å². The summed E-state index contributed by atoms with van der Waals surface area (Å²) in [6.45, 7) is 2.41. The highest BCUT2D eigenvalue weighted by Crippen LogP contribution is 2.39. The molecule has 1 fully saturated rings. The standard InChI is InChI=1S/C29H33FN2O/c30-27-16-14-26(15-17-27)29(33)19-9-21-32(23-29)20-8-7-18-28(22-31,24-10-3-1-4-11-24)25-12-5-2-6-13-25/h1,3-5,10-17,33H,2,6-9,18-21,23H2. The second-order valence-electron chi connectivity index (χ2n) is 9.40. The summed E-state index contributed by atoms with van der Waals surface area (Å²) in [5.74, 6) is -0.280. The first-order valence-electron chi connectivity index (χ1n) is 12.1. The van der Waals surface area contributed by atoms with Crippen LogP contribution in [0.3, 0.4) is 0 Å². The molecule has 0 bridgehead atoms. The van der Waals surface area contributed by atoms with Crippen molar-refractivity contribution in [3.8, 4) is 6.07 Å². The molecule has 2 unspecified atom stereocenters. The van der Waals surface area contributed by atoms with Crippen LogP contribution in [-0.4, -0.2) is 29.6 Å². The third kappa shape index (κ3) is 5.27. The van der Waals surface area contributed by atoms with Gasteiger partial charge in [-0.25, -0.2) is 4.39 Å². The highest BCUT2D eigenvalue weighted by Gasteiger charge is 2.36. The van der Waals surface area contributed by atoms with E-state index in [9.17, 15) is 14.8 Å². The number of piperidine rings is 1. The summed E-state index contributed by atoms with van der Waals surface area (Å²) in [4.78, 5) is 2.31. The van der Waals surface area contributed by atoms with Crippen molar-refractivity contribution in [2.24, 2.45) is 0 Å². The zero-order valence-corrected chi connectivity index (χ0v) is 19.2. The molecule has 0 amide bonds. The van der Waals surface area contributed by atoms with Crippen LogP contribution in [-0.2, 0) is 11.0 Å². The van der Waals surface area contributed by atoms with E-state index in [0.29, 0.717) is 13.0 Å². The molecule has 0 aromatic heterocycles. The van der Waals surface area contributed by atoms with Crippen molar-refractivity contribution in [2.75, 3.05) is 19.6 Å². The Hall–Kier alpha value is -2.74. The van der Waals surface area contributed by atoms with Gasteiger partial charge >= 0.3 is 0 Å². The highest BCUT2D eigenvalue weighted by molar-refractivity contribution is 5.49. The lowest BCUT2D eigenvalue weighted by Gasteiger charge is -2.39. The minimum atomic E-state index is -0.926. The molecule has 0 spiro atoms. The third-order valence-corrected chi connectivity index (χ3v) is 7.15. The molecule has 1 aliphatic heterocycles. The molecular weight excluding hydrogens is 411 g/mol. The Morgan fingerprint density at radius 2 is 1.85 bits per heavy atom. The van der Waals surface area contributed by atoms with E-state index in [-0.39, 0.29) is 5.82 Å². The van der Waals surface area contributed by atoms with Gasteiger partial charge in [0.15, 0.2) is 0 Å². The number of β-amino-alcohol motifs (C(OH)–C–C–N with tert-alkyl or cyclic N) is 1. The van der Waals surface area contributed by atoms with Gasteiger partial charge in [0, 0.05) is 6.54 Å². The summed E-state index contributed by atoms with van der Waals surface area (Å²) < 4.78 is 13.3. The molecule has 0 radical (unpaired) electrons. The molecule has 172 valence electrons. The number of hydrogen-bond acceptors (Lipinski definition) is 3. The van der Waals surface area contributed by atoms with E-state index in [1.165, 1.54) is 12.1 Å². The number of benzene rings is 2. The van der Waals surface area contributed by atoms with Crippen molar-refractivity contribution >= 4 is 0 Å². The van der Waals surface area contributed by atoms with E-state index in [1.54, 1.807) is 12.1 Å². The summed E-state index contributed by atoms with van der Waals surface area (Å²) in [5, 5.41) is 21.6. The summed E-state index contributed by atoms with van der Waals surface area (Å²) >= 11 is 0. The molecule has 2 atom stereocenters. The number of hydrogen-bond donors (Lipinski definition) is 1. The lowest BCUT2D eigenvalue weighted by molar-refractivity contribution is -0.0359. The fourth-order valence-corrected chi connectivity index (χ4v) is 5.33. The number of rotatable bonds is 8. The van der Waals surface area contributed by atoms with Crippen LogP contribution >= 0.6 is 0 Å². The Kier molecular flexibility index (Phi) is 7.42. The van der Waals surface area contributed by atoms with Crippen LogP contribution in [0.25, 0.3) is 0 Å². The number of halogens is 1. The van der Waals surface area contributed by atoms with E-state index in [0.717, 1.165) is 68.3 Å². The van der Waals surface area contributed by atoms with Crippen LogP contribution in [0.15, 0.2) is 78.4 Å². The molecule has 1 heterocycles. The van der Waals surface area contributed by atoms with E-state index in [1.807, 2.05) is 18.2 Å². The minimum absolute atomic E-state index is 0.280. The molecule has 4 heteroatoms. The zero-order chi connectivity index (χ0) is 23.2. The predicted molar refractivity (Wildman–Crippen MR) is 130 cm³/mol. The second-order valence-corrected chi connectivity index (χ2v) is 9.40. The van der Waals surface area contributed by atoms with Gasteiger partial charge in [-0.3, -0.25) is 0 Å². The average Bonchev–Trinajstić information content (AvgIpc) is 2.86. The van der Waals surface area contributed by atoms with Crippen molar-refractivity contribution < 1.29 is 9.50 Å². The van der Waals surface area contributed by atoms with Gasteiger partial charge in [-0.2, -0.15) is 5.26 Å². The lowest BCUT2D eigenvalue weighted by atomic mass is 9.70. The first-order valence-corrected chi connectivity index (χ1v) is 12.1. The molecule has 2 aromatic rings. The first kappa shape index (κ1) is 23.4. The summed E-state index contributed by atoms with van der Waals surface area (Å²) in [6.07, 6.45) is 12.8. The molecule has 4 rings (SSSR count). The molecular formula is C29H33FN2O. The van der Waals surface area contributed by atoms with Gasteiger partial charge in [-0.05, 0) is 86.9 Å². The molecule has 1 aliphatic carbocycles. The summed E-state index contributed by atoms with van der Waals surface area (Å²) in [6, 6.07) is 19.1. The smallest absolute Gasteiger partial charge is 0.123 e.